The molecule has 0 heterocycles. The summed E-state index contributed by atoms with van der Waals surface area (Å²) in [4.78, 5) is 10.4. The van der Waals surface area contributed by atoms with Crippen molar-refractivity contribution in [3.05, 3.63) is 35.4 Å². The molecule has 1 aromatic rings. The summed E-state index contributed by atoms with van der Waals surface area (Å²) < 4.78 is 0. The molecule has 0 bridgehead atoms. The Hall–Kier alpha value is -2.03. The largest absolute Gasteiger partial charge is 0.465 e. The van der Waals surface area contributed by atoms with Crippen LogP contribution >= 0.6 is 0 Å². The van der Waals surface area contributed by atoms with Gasteiger partial charge in [-0.25, -0.2) is 4.79 Å². The maximum absolute atomic E-state index is 10.5. The molecule has 0 fully saturated rings. The lowest BCUT2D eigenvalue weighted by Gasteiger charge is -2.20. The number of hydrogen-bond donors (Lipinski definition) is 4. The number of rotatable bonds is 8. The summed E-state index contributed by atoms with van der Waals surface area (Å²) in [5.41, 5.74) is 0.440. The Labute approximate surface area is 143 Å². The Morgan fingerprint density at radius 2 is 1.96 bits per heavy atom. The van der Waals surface area contributed by atoms with Gasteiger partial charge in [0, 0.05) is 12.1 Å². The summed E-state index contributed by atoms with van der Waals surface area (Å²) >= 11 is 0. The number of nitrogens with one attached hydrogen (secondary N) is 1. The van der Waals surface area contributed by atoms with Gasteiger partial charge in [0.1, 0.15) is 5.60 Å². The monoisotopic (exact) mass is 333 g/mol. The predicted molar refractivity (Wildman–Crippen MR) is 93.7 cm³/mol. The van der Waals surface area contributed by atoms with Crippen molar-refractivity contribution in [2.24, 2.45) is 0 Å². The average molecular weight is 333 g/mol. The van der Waals surface area contributed by atoms with Crippen LogP contribution in [0.2, 0.25) is 0 Å². The molecule has 132 valence electrons. The minimum Gasteiger partial charge on any atom is -0.465 e. The minimum atomic E-state index is -1.10. The molecule has 5 nitrogen and oxygen atoms in total. The van der Waals surface area contributed by atoms with Crippen molar-refractivity contribution in [2.75, 3.05) is 6.54 Å². The van der Waals surface area contributed by atoms with Gasteiger partial charge in [-0.15, -0.1) is 0 Å². The molecule has 1 aromatic carbocycles. The van der Waals surface area contributed by atoms with Crippen molar-refractivity contribution in [1.29, 1.82) is 0 Å². The standard InChI is InChI=1S/C19H27NO4/c1-3-10-19(24,11-4-2)12-8-15-6-5-7-16(14-15)17(21)9-13-20-18(22)23/h5-7,14,17,20-21,24H,3-4,9-11,13H2,1-2H3,(H,22,23). The van der Waals surface area contributed by atoms with E-state index in [1.807, 2.05) is 19.9 Å². The van der Waals surface area contributed by atoms with Gasteiger partial charge >= 0.3 is 6.09 Å². The van der Waals surface area contributed by atoms with Gasteiger partial charge in [-0.2, -0.15) is 0 Å². The van der Waals surface area contributed by atoms with Gasteiger partial charge in [0.05, 0.1) is 6.10 Å². The van der Waals surface area contributed by atoms with Crippen molar-refractivity contribution < 1.29 is 20.1 Å². The van der Waals surface area contributed by atoms with Crippen LogP contribution in [0.4, 0.5) is 4.79 Å². The topological polar surface area (TPSA) is 89.8 Å². The Kier molecular flexibility index (Phi) is 8.31. The van der Waals surface area contributed by atoms with Gasteiger partial charge in [-0.3, -0.25) is 0 Å². The van der Waals surface area contributed by atoms with Crippen molar-refractivity contribution in [3.63, 3.8) is 0 Å². The molecule has 0 saturated carbocycles. The molecular formula is C19H27NO4. The van der Waals surface area contributed by atoms with Crippen LogP contribution in [-0.2, 0) is 0 Å². The van der Waals surface area contributed by atoms with E-state index in [4.69, 9.17) is 5.11 Å². The van der Waals surface area contributed by atoms with Crippen LogP contribution in [0.25, 0.3) is 0 Å². The molecule has 1 amide bonds. The first-order valence-electron chi connectivity index (χ1n) is 8.40. The fourth-order valence-corrected chi connectivity index (χ4v) is 2.57. The third-order valence-corrected chi connectivity index (χ3v) is 3.73. The van der Waals surface area contributed by atoms with Crippen LogP contribution in [0.3, 0.4) is 0 Å². The van der Waals surface area contributed by atoms with Crippen molar-refractivity contribution in [1.82, 2.24) is 5.32 Å². The van der Waals surface area contributed by atoms with E-state index in [9.17, 15) is 15.0 Å². The Morgan fingerprint density at radius 3 is 2.54 bits per heavy atom. The van der Waals surface area contributed by atoms with Crippen molar-refractivity contribution >= 4 is 6.09 Å². The van der Waals surface area contributed by atoms with Crippen LogP contribution in [-0.4, -0.2) is 33.6 Å². The smallest absolute Gasteiger partial charge is 0.404 e. The Balaban J connectivity index is 2.81. The molecular weight excluding hydrogens is 306 g/mol. The van der Waals surface area contributed by atoms with Crippen LogP contribution in [0.1, 0.15) is 63.2 Å². The highest BCUT2D eigenvalue weighted by atomic mass is 16.4. The summed E-state index contributed by atoms with van der Waals surface area (Å²) in [6.07, 6.45) is 1.42. The van der Waals surface area contributed by atoms with E-state index in [0.717, 1.165) is 18.4 Å². The lowest BCUT2D eigenvalue weighted by molar-refractivity contribution is 0.0807. The molecule has 0 spiro atoms. The molecule has 4 N–H and O–H groups in total. The molecule has 1 unspecified atom stereocenters. The Morgan fingerprint density at radius 1 is 1.29 bits per heavy atom. The molecule has 1 rings (SSSR count). The summed E-state index contributed by atoms with van der Waals surface area (Å²) in [5, 5.41) is 31.4. The quantitative estimate of drug-likeness (QED) is 0.550. The minimum absolute atomic E-state index is 0.180. The molecule has 0 aliphatic carbocycles. The molecule has 0 aliphatic rings. The van der Waals surface area contributed by atoms with Gasteiger partial charge in [-0.1, -0.05) is 50.7 Å². The number of aliphatic hydroxyl groups is 2. The highest BCUT2D eigenvalue weighted by Crippen LogP contribution is 2.20. The van der Waals surface area contributed by atoms with Crippen LogP contribution < -0.4 is 5.32 Å². The van der Waals surface area contributed by atoms with E-state index in [-0.39, 0.29) is 6.54 Å². The Bertz CT molecular complexity index is 583. The first-order chi connectivity index (χ1) is 11.4. The number of amides is 1. The van der Waals surface area contributed by atoms with Gasteiger partial charge in [0.15, 0.2) is 0 Å². The van der Waals surface area contributed by atoms with E-state index >= 15 is 0 Å². The molecule has 0 radical (unpaired) electrons. The van der Waals surface area contributed by atoms with Gasteiger partial charge in [-0.05, 0) is 37.0 Å². The zero-order valence-corrected chi connectivity index (χ0v) is 14.4. The summed E-state index contributed by atoms with van der Waals surface area (Å²) in [6, 6.07) is 7.18. The molecule has 1 atom stereocenters. The lowest BCUT2D eigenvalue weighted by atomic mass is 9.93. The molecule has 0 aliphatic heterocycles. The lowest BCUT2D eigenvalue weighted by Crippen LogP contribution is -2.25. The zero-order valence-electron chi connectivity index (χ0n) is 14.4. The molecule has 0 saturated heterocycles. The summed E-state index contributed by atoms with van der Waals surface area (Å²) in [6.45, 7) is 4.22. The molecule has 0 aromatic heterocycles. The van der Waals surface area contributed by atoms with E-state index in [0.29, 0.717) is 24.8 Å². The number of carboxylic acid groups (broad SMARTS) is 1. The normalized spacial score (nSPS) is 12.2. The van der Waals surface area contributed by atoms with Crippen LogP contribution in [0.5, 0.6) is 0 Å². The van der Waals surface area contributed by atoms with Crippen molar-refractivity contribution in [3.8, 4) is 11.8 Å². The van der Waals surface area contributed by atoms with E-state index in [1.165, 1.54) is 0 Å². The highest BCUT2D eigenvalue weighted by molar-refractivity contribution is 5.64. The third-order valence-electron chi connectivity index (χ3n) is 3.73. The summed E-state index contributed by atoms with van der Waals surface area (Å²) in [7, 11) is 0. The first kappa shape index (κ1) is 20.0. The first-order valence-corrected chi connectivity index (χ1v) is 8.40. The van der Waals surface area contributed by atoms with Crippen molar-refractivity contribution in [2.45, 2.75) is 57.7 Å². The van der Waals surface area contributed by atoms with Crippen LogP contribution in [0.15, 0.2) is 24.3 Å². The number of aliphatic hydroxyl groups excluding tert-OH is 1. The maximum Gasteiger partial charge on any atom is 0.404 e. The summed E-state index contributed by atoms with van der Waals surface area (Å²) in [5.74, 6) is 5.98. The zero-order chi connectivity index (χ0) is 18.0. The second-order valence-electron chi connectivity index (χ2n) is 5.94. The number of carbonyl (C=O) groups is 1. The van der Waals surface area contributed by atoms with E-state index < -0.39 is 17.8 Å². The molecule has 5 heteroatoms. The number of benzene rings is 1. The number of hydrogen-bond acceptors (Lipinski definition) is 3. The maximum atomic E-state index is 10.5. The van der Waals surface area contributed by atoms with E-state index in [2.05, 4.69) is 17.2 Å². The van der Waals surface area contributed by atoms with Gasteiger partial charge in [0.25, 0.3) is 0 Å². The fourth-order valence-electron chi connectivity index (χ4n) is 2.57. The third kappa shape index (κ3) is 7.03. The second-order valence-corrected chi connectivity index (χ2v) is 5.94. The second kappa shape index (κ2) is 9.96. The van der Waals surface area contributed by atoms with E-state index in [1.54, 1.807) is 18.2 Å². The highest BCUT2D eigenvalue weighted by Gasteiger charge is 2.21. The predicted octanol–water partition coefficient (Wildman–Crippen LogP) is 3.06. The van der Waals surface area contributed by atoms with Gasteiger partial charge < -0.3 is 20.6 Å². The SMILES string of the molecule is CCCC(O)(C#Cc1cccc(C(O)CCNC(=O)O)c1)CCC. The average Bonchev–Trinajstić information content (AvgIpc) is 2.53. The van der Waals surface area contributed by atoms with Crippen LogP contribution in [0, 0.1) is 11.8 Å². The molecule has 24 heavy (non-hydrogen) atoms. The fraction of sp³-hybridized carbons (Fsp3) is 0.526. The van der Waals surface area contributed by atoms with Gasteiger partial charge in [0.2, 0.25) is 0 Å².